The fourth-order valence-electron chi connectivity index (χ4n) is 0. The van der Waals surface area contributed by atoms with Gasteiger partial charge < -0.3 is 5.73 Å². The van der Waals surface area contributed by atoms with E-state index in [1.807, 2.05) is 6.92 Å². The first-order chi connectivity index (χ1) is 1.41. The van der Waals surface area contributed by atoms with Crippen LogP contribution in [0.4, 0.5) is 0 Å². The van der Waals surface area contributed by atoms with Gasteiger partial charge in [-0.3, -0.25) is 0 Å². The maximum atomic E-state index is 4.85. The standard InChI is InChI=1S/C2H7N.Pb/c1-2-3;/h2-3H2,1H3;. The van der Waals surface area contributed by atoms with Gasteiger partial charge in [0.25, 0.3) is 0 Å². The molecule has 0 unspecified atom stereocenters. The van der Waals surface area contributed by atoms with Crippen molar-refractivity contribution in [2.45, 2.75) is 6.92 Å². The van der Waals surface area contributed by atoms with Crippen molar-refractivity contribution in [3.05, 3.63) is 0 Å². The normalized spacial score (nSPS) is 4.50. The first kappa shape index (κ1) is 8.86. The molecule has 0 amide bonds. The molecule has 0 fully saturated rings. The zero-order chi connectivity index (χ0) is 2.71. The van der Waals surface area contributed by atoms with Crippen LogP contribution >= 0.6 is 0 Å². The van der Waals surface area contributed by atoms with Crippen molar-refractivity contribution in [1.29, 1.82) is 0 Å². The Morgan fingerprint density at radius 2 is 1.75 bits per heavy atom. The summed E-state index contributed by atoms with van der Waals surface area (Å²) in [4.78, 5) is 0. The van der Waals surface area contributed by atoms with E-state index >= 15 is 0 Å². The van der Waals surface area contributed by atoms with E-state index < -0.39 is 0 Å². The molecule has 0 aliphatic rings. The van der Waals surface area contributed by atoms with Gasteiger partial charge in [0.2, 0.25) is 0 Å². The number of rotatable bonds is 0. The predicted molar refractivity (Wildman–Crippen MR) is 20.5 cm³/mol. The molecular weight excluding hydrogens is 245 g/mol. The Morgan fingerprint density at radius 3 is 1.75 bits per heavy atom. The molecule has 0 aromatic heterocycles. The van der Waals surface area contributed by atoms with Gasteiger partial charge in [0.15, 0.2) is 0 Å². The summed E-state index contributed by atoms with van der Waals surface area (Å²) in [5.74, 6) is 0. The van der Waals surface area contributed by atoms with Crippen molar-refractivity contribution >= 4 is 27.3 Å². The SMILES string of the molecule is CCN.[Pb]. The second kappa shape index (κ2) is 9.10. The zero-order valence-electron chi connectivity index (χ0n) is 2.78. The molecule has 0 aliphatic carbocycles. The van der Waals surface area contributed by atoms with Gasteiger partial charge in [-0.1, -0.05) is 6.92 Å². The van der Waals surface area contributed by atoms with Gasteiger partial charge in [0.05, 0.1) is 0 Å². The Hall–Kier alpha value is 0.882. The van der Waals surface area contributed by atoms with Crippen molar-refractivity contribution in [1.82, 2.24) is 0 Å². The molecule has 0 saturated carbocycles. The van der Waals surface area contributed by atoms with Crippen LogP contribution in [-0.2, 0) is 0 Å². The third-order valence-electron chi connectivity index (χ3n) is 0. The van der Waals surface area contributed by atoms with Crippen LogP contribution in [-0.4, -0.2) is 33.8 Å². The zero-order valence-corrected chi connectivity index (χ0v) is 6.67. The smallest absolute Gasteiger partial charge is 0 e. The maximum Gasteiger partial charge on any atom is 0 e. The van der Waals surface area contributed by atoms with Gasteiger partial charge >= 0.3 is 0 Å². The quantitative estimate of drug-likeness (QED) is 0.583. The van der Waals surface area contributed by atoms with E-state index in [2.05, 4.69) is 0 Å². The Labute approximate surface area is 46.7 Å². The summed E-state index contributed by atoms with van der Waals surface area (Å²) >= 11 is 0. The van der Waals surface area contributed by atoms with Crippen LogP contribution in [0.5, 0.6) is 0 Å². The molecule has 0 rings (SSSR count). The van der Waals surface area contributed by atoms with Gasteiger partial charge in [-0.15, -0.1) is 0 Å². The first-order valence-electron chi connectivity index (χ1n) is 1.12. The van der Waals surface area contributed by atoms with Gasteiger partial charge in [-0.25, -0.2) is 0 Å². The van der Waals surface area contributed by atoms with E-state index in [4.69, 9.17) is 5.73 Å². The molecule has 0 bridgehead atoms. The van der Waals surface area contributed by atoms with Crippen LogP contribution in [0, 0.1) is 0 Å². The van der Waals surface area contributed by atoms with Crippen LogP contribution in [0.25, 0.3) is 0 Å². The van der Waals surface area contributed by atoms with Crippen LogP contribution in [0.3, 0.4) is 0 Å². The van der Waals surface area contributed by atoms with Gasteiger partial charge in [0, 0.05) is 27.3 Å². The average molecular weight is 252 g/mol. The molecule has 0 saturated heterocycles. The summed E-state index contributed by atoms with van der Waals surface area (Å²) < 4.78 is 0. The topological polar surface area (TPSA) is 26.0 Å². The molecule has 0 spiro atoms. The minimum atomic E-state index is 0. The fourth-order valence-corrected chi connectivity index (χ4v) is 0. The maximum absolute atomic E-state index is 4.85. The molecule has 4 radical (unpaired) electrons. The number of hydrogen-bond acceptors (Lipinski definition) is 1. The molecule has 0 atom stereocenters. The second-order valence-corrected chi connectivity index (χ2v) is 0.408. The van der Waals surface area contributed by atoms with Crippen LogP contribution in [0.15, 0.2) is 0 Å². The summed E-state index contributed by atoms with van der Waals surface area (Å²) in [5.41, 5.74) is 4.85. The van der Waals surface area contributed by atoms with Crippen LogP contribution in [0.2, 0.25) is 0 Å². The summed E-state index contributed by atoms with van der Waals surface area (Å²) in [5, 5.41) is 0. The Bertz CT molecular complexity index is 6.00. The number of nitrogens with two attached hydrogens (primary N) is 1. The van der Waals surface area contributed by atoms with Crippen molar-refractivity contribution in [2.75, 3.05) is 6.54 Å². The molecule has 2 N–H and O–H groups in total. The van der Waals surface area contributed by atoms with E-state index in [0.717, 1.165) is 6.54 Å². The molecule has 2 heteroatoms. The summed E-state index contributed by atoms with van der Waals surface area (Å²) in [6.45, 7) is 2.65. The molecule has 0 aliphatic heterocycles. The molecule has 0 heterocycles. The molecular formula is C2H7NPb. The van der Waals surface area contributed by atoms with Crippen molar-refractivity contribution < 1.29 is 0 Å². The van der Waals surface area contributed by atoms with Crippen molar-refractivity contribution in [3.8, 4) is 0 Å². The Morgan fingerprint density at radius 1 is 1.75 bits per heavy atom. The summed E-state index contributed by atoms with van der Waals surface area (Å²) in [6.07, 6.45) is 0. The molecule has 1 nitrogen and oxygen atoms in total. The van der Waals surface area contributed by atoms with E-state index in [1.165, 1.54) is 0 Å². The predicted octanol–water partition coefficient (Wildman–Crippen LogP) is -0.416. The van der Waals surface area contributed by atoms with Crippen molar-refractivity contribution in [2.24, 2.45) is 5.73 Å². The third-order valence-corrected chi connectivity index (χ3v) is 0. The Kier molecular flexibility index (Phi) is 20.2. The first-order valence-corrected chi connectivity index (χ1v) is 1.12. The monoisotopic (exact) mass is 253 g/mol. The van der Waals surface area contributed by atoms with Gasteiger partial charge in [-0.2, -0.15) is 0 Å². The second-order valence-electron chi connectivity index (χ2n) is 0.408. The molecule has 0 aromatic carbocycles. The van der Waals surface area contributed by atoms with E-state index in [-0.39, 0.29) is 27.3 Å². The molecule has 4 heavy (non-hydrogen) atoms. The average Bonchev–Trinajstić information content (AvgIpc) is 0.918. The van der Waals surface area contributed by atoms with Crippen LogP contribution in [0.1, 0.15) is 6.92 Å². The van der Waals surface area contributed by atoms with Crippen molar-refractivity contribution in [3.63, 3.8) is 0 Å². The number of hydrogen-bond donors (Lipinski definition) is 1. The summed E-state index contributed by atoms with van der Waals surface area (Å²) in [7, 11) is 0. The largest absolute Gasteiger partial charge is 0.331 e. The van der Waals surface area contributed by atoms with E-state index in [0.29, 0.717) is 0 Å². The molecule has 0 aromatic rings. The van der Waals surface area contributed by atoms with Gasteiger partial charge in [-0.05, 0) is 6.54 Å². The molecule has 24 valence electrons. The Balaban J connectivity index is 0. The third kappa shape index (κ3) is 13.1. The fraction of sp³-hybridized carbons (Fsp3) is 1.00. The van der Waals surface area contributed by atoms with Gasteiger partial charge in [0.1, 0.15) is 0 Å². The van der Waals surface area contributed by atoms with E-state index in [1.54, 1.807) is 0 Å². The van der Waals surface area contributed by atoms with E-state index in [9.17, 15) is 0 Å². The van der Waals surface area contributed by atoms with Crippen LogP contribution < -0.4 is 5.73 Å². The summed E-state index contributed by atoms with van der Waals surface area (Å²) in [6, 6.07) is 0. The minimum Gasteiger partial charge on any atom is -0.331 e. The minimum absolute atomic E-state index is 0.